The molecule has 17 heavy (non-hydrogen) atoms. The zero-order valence-electron chi connectivity index (χ0n) is 10.3. The number of sulfonamides is 1. The van der Waals surface area contributed by atoms with Gasteiger partial charge in [-0.1, -0.05) is 12.1 Å². The van der Waals surface area contributed by atoms with Crippen molar-refractivity contribution in [2.75, 3.05) is 32.6 Å². The molecule has 0 fully saturated rings. The van der Waals surface area contributed by atoms with Crippen LogP contribution in [0.15, 0.2) is 5.16 Å². The van der Waals surface area contributed by atoms with Crippen LogP contribution in [0.2, 0.25) is 0 Å². The van der Waals surface area contributed by atoms with Crippen molar-refractivity contribution in [3.05, 3.63) is 0 Å². The normalized spacial score (nSPS) is 13.2. The summed E-state index contributed by atoms with van der Waals surface area (Å²) in [6.45, 7) is 2.53. The summed E-state index contributed by atoms with van der Waals surface area (Å²) in [4.78, 5) is 0. The number of nitrogens with two attached hydrogens (primary N) is 1. The second-order valence-electron chi connectivity index (χ2n) is 3.59. The van der Waals surface area contributed by atoms with E-state index in [2.05, 4.69) is 5.16 Å². The largest absolute Gasteiger partial charge is 0.409 e. The van der Waals surface area contributed by atoms with Crippen molar-refractivity contribution in [3.8, 4) is 0 Å². The molecule has 102 valence electrons. The number of amidine groups is 1. The molecule has 0 aliphatic carbocycles. The lowest BCUT2D eigenvalue weighted by atomic mass is 10.4. The minimum absolute atomic E-state index is 0.000448. The van der Waals surface area contributed by atoms with Gasteiger partial charge >= 0.3 is 0 Å². The molecule has 0 saturated carbocycles. The molecule has 3 N–H and O–H groups in total. The Balaban J connectivity index is 4.55. The van der Waals surface area contributed by atoms with Crippen LogP contribution in [0.5, 0.6) is 0 Å². The van der Waals surface area contributed by atoms with E-state index >= 15 is 0 Å². The van der Waals surface area contributed by atoms with E-state index in [-0.39, 0.29) is 18.1 Å². The monoisotopic (exact) mass is 267 g/mol. The molecule has 0 spiro atoms. The Kier molecular flexibility index (Phi) is 7.85. The first-order valence-electron chi connectivity index (χ1n) is 5.41. The van der Waals surface area contributed by atoms with E-state index in [1.807, 2.05) is 6.92 Å². The number of oxime groups is 1. The van der Waals surface area contributed by atoms with Crippen molar-refractivity contribution in [2.45, 2.75) is 19.8 Å². The molecule has 0 atom stereocenters. The average Bonchev–Trinajstić information content (AvgIpc) is 2.28. The third-order valence-corrected chi connectivity index (χ3v) is 3.99. The second-order valence-corrected chi connectivity index (χ2v) is 5.68. The van der Waals surface area contributed by atoms with Gasteiger partial charge in [0.15, 0.2) is 5.84 Å². The number of nitrogens with zero attached hydrogens (tertiary/aromatic N) is 2. The highest BCUT2D eigenvalue weighted by Gasteiger charge is 2.21. The van der Waals surface area contributed by atoms with Gasteiger partial charge in [-0.05, 0) is 12.8 Å². The first-order chi connectivity index (χ1) is 7.97. The van der Waals surface area contributed by atoms with Crippen LogP contribution < -0.4 is 5.73 Å². The molecule has 0 rings (SSSR count). The van der Waals surface area contributed by atoms with Gasteiger partial charge in [0.1, 0.15) is 0 Å². The summed E-state index contributed by atoms with van der Waals surface area (Å²) in [6, 6.07) is 0. The molecule has 0 aliphatic heterocycles. The Morgan fingerprint density at radius 2 is 2.18 bits per heavy atom. The summed E-state index contributed by atoms with van der Waals surface area (Å²) in [7, 11) is -1.86. The minimum Gasteiger partial charge on any atom is -0.409 e. The molecule has 0 unspecified atom stereocenters. The van der Waals surface area contributed by atoms with E-state index in [0.717, 1.165) is 0 Å². The van der Waals surface area contributed by atoms with Crippen LogP contribution in [0, 0.1) is 0 Å². The fourth-order valence-electron chi connectivity index (χ4n) is 1.29. The molecule has 0 aromatic heterocycles. The Morgan fingerprint density at radius 3 is 2.65 bits per heavy atom. The standard InChI is InChI=1S/C9H21N3O4S/c1-3-5-12(8-9(10)11-13)17(14,15)7-4-6-16-2/h13H,3-8H2,1-2H3,(H2,10,11). The molecular weight excluding hydrogens is 246 g/mol. The molecular formula is C9H21N3O4S. The summed E-state index contributed by atoms with van der Waals surface area (Å²) in [5.41, 5.74) is 5.32. The Bertz CT molecular complexity index is 329. The predicted octanol–water partition coefficient (Wildman–Crippen LogP) is -0.189. The maximum absolute atomic E-state index is 11.9. The van der Waals surface area contributed by atoms with E-state index in [1.54, 1.807) is 0 Å². The smallest absolute Gasteiger partial charge is 0.214 e. The SMILES string of the molecule is CCCN(CC(N)=NO)S(=O)(=O)CCCOC. The summed E-state index contributed by atoms with van der Waals surface area (Å²) < 4.78 is 29.9. The van der Waals surface area contributed by atoms with Crippen molar-refractivity contribution in [1.82, 2.24) is 4.31 Å². The first kappa shape index (κ1) is 16.1. The van der Waals surface area contributed by atoms with E-state index in [0.29, 0.717) is 26.0 Å². The molecule has 0 heterocycles. The highest BCUT2D eigenvalue weighted by Crippen LogP contribution is 2.04. The lowest BCUT2D eigenvalue weighted by Crippen LogP contribution is -2.40. The molecule has 0 bridgehead atoms. The minimum atomic E-state index is -3.38. The Labute approximate surface area is 102 Å². The topological polar surface area (TPSA) is 105 Å². The third-order valence-electron chi connectivity index (χ3n) is 2.08. The number of hydrogen-bond donors (Lipinski definition) is 2. The lowest BCUT2D eigenvalue weighted by molar-refractivity contribution is 0.199. The van der Waals surface area contributed by atoms with Crippen LogP contribution in [-0.2, 0) is 14.8 Å². The van der Waals surface area contributed by atoms with Crippen LogP contribution >= 0.6 is 0 Å². The summed E-state index contributed by atoms with van der Waals surface area (Å²) >= 11 is 0. The highest BCUT2D eigenvalue weighted by atomic mass is 32.2. The van der Waals surface area contributed by atoms with Crippen molar-refractivity contribution >= 4 is 15.9 Å². The molecule has 0 aromatic rings. The lowest BCUT2D eigenvalue weighted by Gasteiger charge is -2.20. The number of ether oxygens (including phenoxy) is 1. The summed E-state index contributed by atoms with van der Waals surface area (Å²) in [6.07, 6.45) is 1.09. The molecule has 0 radical (unpaired) electrons. The van der Waals surface area contributed by atoms with Crippen LogP contribution in [0.3, 0.4) is 0 Å². The van der Waals surface area contributed by atoms with Crippen LogP contribution in [0.4, 0.5) is 0 Å². The second kappa shape index (κ2) is 8.26. The van der Waals surface area contributed by atoms with E-state index in [1.165, 1.54) is 11.4 Å². The number of hydrogen-bond acceptors (Lipinski definition) is 5. The molecule has 8 heteroatoms. The summed E-state index contributed by atoms with van der Waals surface area (Å²) in [5, 5.41) is 11.2. The van der Waals surface area contributed by atoms with Gasteiger partial charge in [-0.3, -0.25) is 0 Å². The van der Waals surface area contributed by atoms with Gasteiger partial charge in [-0.25, -0.2) is 8.42 Å². The maximum Gasteiger partial charge on any atom is 0.214 e. The number of methoxy groups -OCH3 is 1. The van der Waals surface area contributed by atoms with Gasteiger partial charge in [0.25, 0.3) is 0 Å². The van der Waals surface area contributed by atoms with Crippen molar-refractivity contribution in [2.24, 2.45) is 10.9 Å². The Hall–Kier alpha value is -0.860. The maximum atomic E-state index is 11.9. The predicted molar refractivity (Wildman–Crippen MR) is 65.6 cm³/mol. The quantitative estimate of drug-likeness (QED) is 0.198. The molecule has 0 amide bonds. The molecule has 0 aliphatic rings. The zero-order chi connectivity index (χ0) is 13.3. The van der Waals surface area contributed by atoms with Gasteiger partial charge < -0.3 is 15.7 Å². The average molecular weight is 267 g/mol. The van der Waals surface area contributed by atoms with Crippen molar-refractivity contribution < 1.29 is 18.4 Å². The van der Waals surface area contributed by atoms with Crippen LogP contribution in [-0.4, -0.2) is 56.3 Å². The van der Waals surface area contributed by atoms with E-state index in [4.69, 9.17) is 15.7 Å². The third kappa shape index (κ3) is 6.44. The van der Waals surface area contributed by atoms with Gasteiger partial charge in [0.05, 0.1) is 12.3 Å². The number of rotatable bonds is 9. The van der Waals surface area contributed by atoms with E-state index in [9.17, 15) is 8.42 Å². The first-order valence-corrected chi connectivity index (χ1v) is 7.02. The zero-order valence-corrected chi connectivity index (χ0v) is 11.1. The highest BCUT2D eigenvalue weighted by molar-refractivity contribution is 7.89. The molecule has 0 aromatic carbocycles. The van der Waals surface area contributed by atoms with Crippen LogP contribution in [0.25, 0.3) is 0 Å². The summed E-state index contributed by atoms with van der Waals surface area (Å²) in [5.74, 6) is -0.117. The van der Waals surface area contributed by atoms with Gasteiger partial charge in [-0.2, -0.15) is 4.31 Å². The van der Waals surface area contributed by atoms with E-state index < -0.39 is 10.0 Å². The van der Waals surface area contributed by atoms with Crippen LogP contribution in [0.1, 0.15) is 19.8 Å². The fraction of sp³-hybridized carbons (Fsp3) is 0.889. The van der Waals surface area contributed by atoms with Crippen molar-refractivity contribution in [3.63, 3.8) is 0 Å². The van der Waals surface area contributed by atoms with Gasteiger partial charge in [-0.15, -0.1) is 0 Å². The molecule has 0 saturated heterocycles. The van der Waals surface area contributed by atoms with Gasteiger partial charge in [0.2, 0.25) is 10.0 Å². The van der Waals surface area contributed by atoms with Crippen molar-refractivity contribution in [1.29, 1.82) is 0 Å². The molecule has 7 nitrogen and oxygen atoms in total. The Morgan fingerprint density at radius 1 is 1.53 bits per heavy atom. The van der Waals surface area contributed by atoms with Gasteiger partial charge in [0, 0.05) is 20.3 Å². The fourth-order valence-corrected chi connectivity index (χ4v) is 2.82.